The van der Waals surface area contributed by atoms with Gasteiger partial charge in [0, 0.05) is 22.6 Å². The first kappa shape index (κ1) is 12.0. The average Bonchev–Trinajstić information content (AvgIpc) is 2.47. The Morgan fingerprint density at radius 3 is 2.74 bits per heavy atom. The zero-order chi connectivity index (χ0) is 13.2. The molecule has 0 aromatic heterocycles. The van der Waals surface area contributed by atoms with E-state index in [1.54, 1.807) is 0 Å². The Kier molecular flexibility index (Phi) is 3.10. The predicted octanol–water partition coefficient (Wildman–Crippen LogP) is 4.37. The highest BCUT2D eigenvalue weighted by Gasteiger charge is 2.20. The molecular weight excluding hydrogens is 252 g/mol. The number of rotatable bonds is 1. The second-order valence-corrected chi connectivity index (χ2v) is 5.46. The van der Waals surface area contributed by atoms with E-state index in [-0.39, 0.29) is 0 Å². The van der Waals surface area contributed by atoms with Crippen LogP contribution in [0, 0.1) is 13.5 Å². The lowest BCUT2D eigenvalue weighted by Crippen LogP contribution is -2.13. The van der Waals surface area contributed by atoms with Crippen molar-refractivity contribution in [1.29, 1.82) is 0 Å². The molecule has 0 saturated heterocycles. The van der Waals surface area contributed by atoms with Crippen molar-refractivity contribution in [3.63, 3.8) is 0 Å². The smallest absolute Gasteiger partial charge is 0.205 e. The van der Waals surface area contributed by atoms with Crippen molar-refractivity contribution in [1.82, 2.24) is 0 Å². The van der Waals surface area contributed by atoms with E-state index < -0.39 is 0 Å². The zero-order valence-corrected chi connectivity index (χ0v) is 11.4. The summed E-state index contributed by atoms with van der Waals surface area (Å²) in [5, 5.41) is 0. The molecule has 3 heteroatoms. The van der Waals surface area contributed by atoms with Crippen molar-refractivity contribution in [2.24, 2.45) is 0 Å². The molecule has 1 aliphatic rings. The summed E-state index contributed by atoms with van der Waals surface area (Å²) < 4.78 is 2.22. The summed E-state index contributed by atoms with van der Waals surface area (Å²) in [6.07, 6.45) is 2.14. The highest BCUT2D eigenvalue weighted by molar-refractivity contribution is 7.99. The molecule has 1 aliphatic heterocycles. The summed E-state index contributed by atoms with van der Waals surface area (Å²) >= 11 is 1.83. The molecule has 0 radical (unpaired) electrons. The van der Waals surface area contributed by atoms with Gasteiger partial charge in [-0.2, -0.15) is 4.58 Å². The van der Waals surface area contributed by atoms with Gasteiger partial charge in [-0.3, -0.25) is 0 Å². The molecule has 0 atom stereocenters. The van der Waals surface area contributed by atoms with Crippen LogP contribution >= 0.6 is 11.8 Å². The van der Waals surface area contributed by atoms with Crippen LogP contribution in [0.1, 0.15) is 11.1 Å². The molecule has 0 amide bonds. The molecule has 2 nitrogen and oxygen atoms in total. The minimum absolute atomic E-state index is 0.711. The van der Waals surface area contributed by atoms with E-state index in [9.17, 15) is 0 Å². The van der Waals surface area contributed by atoms with E-state index in [0.717, 1.165) is 11.4 Å². The Morgan fingerprint density at radius 1 is 1.21 bits per heavy atom. The number of fused-ring (bicyclic) bond motifs is 1. The van der Waals surface area contributed by atoms with Crippen molar-refractivity contribution in [3.8, 4) is 0 Å². The van der Waals surface area contributed by atoms with Crippen LogP contribution in [0.3, 0.4) is 0 Å². The first-order valence-electron chi connectivity index (χ1n) is 6.09. The lowest BCUT2D eigenvalue weighted by molar-refractivity contribution is -0.411. The third kappa shape index (κ3) is 2.27. The quantitative estimate of drug-likeness (QED) is 0.548. The van der Waals surface area contributed by atoms with Crippen LogP contribution in [0.25, 0.3) is 4.85 Å². The number of hydrogen-bond acceptors (Lipinski definition) is 1. The molecule has 1 heterocycles. The molecule has 0 aliphatic carbocycles. The summed E-state index contributed by atoms with van der Waals surface area (Å²) in [7, 11) is 0. The predicted molar refractivity (Wildman–Crippen MR) is 79.7 cm³/mol. The van der Waals surface area contributed by atoms with Crippen molar-refractivity contribution in [3.05, 3.63) is 65.0 Å². The van der Waals surface area contributed by atoms with Gasteiger partial charge in [-0.15, -0.1) is 0 Å². The van der Waals surface area contributed by atoms with Crippen molar-refractivity contribution >= 4 is 29.4 Å². The minimum atomic E-state index is 0.711. The molecule has 0 unspecified atom stereocenters. The third-order valence-electron chi connectivity index (χ3n) is 3.15. The van der Waals surface area contributed by atoms with Gasteiger partial charge in [0.1, 0.15) is 0 Å². The summed E-state index contributed by atoms with van der Waals surface area (Å²) in [5.41, 5.74) is 4.23. The highest BCUT2D eigenvalue weighted by atomic mass is 32.2. The maximum Gasteiger partial charge on any atom is 0.205 e. The first-order chi connectivity index (χ1) is 9.28. The topological polar surface area (TPSA) is 7.37 Å². The molecule has 0 bridgehead atoms. The van der Waals surface area contributed by atoms with Crippen molar-refractivity contribution < 1.29 is 4.58 Å². The monoisotopic (exact) mass is 265 g/mol. The van der Waals surface area contributed by atoms with E-state index in [4.69, 9.17) is 6.57 Å². The Labute approximate surface area is 117 Å². The van der Waals surface area contributed by atoms with Gasteiger partial charge in [-0.05, 0) is 18.6 Å². The lowest BCUT2D eigenvalue weighted by Gasteiger charge is -2.14. The van der Waals surface area contributed by atoms with E-state index in [1.807, 2.05) is 42.1 Å². The van der Waals surface area contributed by atoms with E-state index in [1.165, 1.54) is 16.1 Å². The van der Waals surface area contributed by atoms with E-state index in [0.29, 0.717) is 5.69 Å². The van der Waals surface area contributed by atoms with Crippen molar-refractivity contribution in [2.45, 2.75) is 11.8 Å². The second-order valence-electron chi connectivity index (χ2n) is 4.50. The molecule has 0 fully saturated rings. The first-order valence-corrected chi connectivity index (χ1v) is 7.08. The zero-order valence-electron chi connectivity index (χ0n) is 10.6. The Balaban J connectivity index is 2.10. The van der Waals surface area contributed by atoms with Crippen LogP contribution < -0.4 is 0 Å². The number of nitrogens with zero attached hydrogens (tertiary/aromatic N) is 2. The van der Waals surface area contributed by atoms with Gasteiger partial charge < -0.3 is 0 Å². The summed E-state index contributed by atoms with van der Waals surface area (Å²) in [6, 6.07) is 14.3. The Bertz CT molecular complexity index is 697. The van der Waals surface area contributed by atoms with Gasteiger partial charge in [-0.25, -0.2) is 4.85 Å². The van der Waals surface area contributed by atoms with Crippen LogP contribution in [0.4, 0.5) is 11.4 Å². The number of benzene rings is 2. The fraction of sp³-hybridized carbons (Fsp3) is 0.125. The molecule has 0 N–H and O–H groups in total. The Hall–Kier alpha value is -2.05. The molecule has 92 valence electrons. The van der Waals surface area contributed by atoms with E-state index >= 15 is 0 Å². The van der Waals surface area contributed by atoms with Crippen LogP contribution in [-0.4, -0.2) is 16.7 Å². The maximum atomic E-state index is 7.16. The third-order valence-corrected chi connectivity index (χ3v) is 4.40. The summed E-state index contributed by atoms with van der Waals surface area (Å²) in [5.74, 6) is 0.912. The lowest BCUT2D eigenvalue weighted by atomic mass is 10.1. The maximum absolute atomic E-state index is 7.16. The standard InChI is InChI=1S/C16H13N2S/c1-12-8-14(17-2)9-13-10-18(11-19-16(12)13)15-6-4-3-5-7-15/h3-10H,11H2,1H3/q+1. The number of para-hydroxylation sites is 1. The average molecular weight is 265 g/mol. The molecule has 3 rings (SSSR count). The van der Waals surface area contributed by atoms with E-state index in [2.05, 4.69) is 34.7 Å². The van der Waals surface area contributed by atoms with Gasteiger partial charge in [0.2, 0.25) is 5.69 Å². The molecule has 2 aromatic carbocycles. The Morgan fingerprint density at radius 2 is 2.00 bits per heavy atom. The van der Waals surface area contributed by atoms with Crippen LogP contribution in [0.5, 0.6) is 0 Å². The molecular formula is C16H13N2S+. The largest absolute Gasteiger partial charge is 0.238 e. The van der Waals surface area contributed by atoms with Crippen LogP contribution in [-0.2, 0) is 0 Å². The molecule has 0 saturated carbocycles. The number of hydrogen-bond donors (Lipinski definition) is 0. The van der Waals surface area contributed by atoms with Crippen LogP contribution in [0.15, 0.2) is 47.4 Å². The van der Waals surface area contributed by atoms with Gasteiger partial charge in [0.25, 0.3) is 0 Å². The SMILES string of the molecule is [C-]#[N+]c1cc(C)c2c(c1)C=[N+](c1ccccc1)CS2. The number of aryl methyl sites for hydroxylation is 1. The summed E-state index contributed by atoms with van der Waals surface area (Å²) in [4.78, 5) is 4.83. The van der Waals surface area contributed by atoms with Crippen LogP contribution in [0.2, 0.25) is 0 Å². The van der Waals surface area contributed by atoms with Gasteiger partial charge in [0.15, 0.2) is 17.8 Å². The minimum Gasteiger partial charge on any atom is -0.238 e. The fourth-order valence-electron chi connectivity index (χ4n) is 2.25. The van der Waals surface area contributed by atoms with Gasteiger partial charge in [0.05, 0.1) is 6.57 Å². The molecule has 0 spiro atoms. The molecule has 2 aromatic rings. The summed E-state index contributed by atoms with van der Waals surface area (Å²) in [6.45, 7) is 9.24. The highest BCUT2D eigenvalue weighted by Crippen LogP contribution is 2.33. The van der Waals surface area contributed by atoms with Gasteiger partial charge >= 0.3 is 0 Å². The molecule has 19 heavy (non-hydrogen) atoms. The normalized spacial score (nSPS) is 13.4. The fourth-order valence-corrected chi connectivity index (χ4v) is 3.30. The number of thioether (sulfide) groups is 1. The van der Waals surface area contributed by atoms with Crippen molar-refractivity contribution in [2.75, 3.05) is 5.88 Å². The van der Waals surface area contributed by atoms with Gasteiger partial charge in [-0.1, -0.05) is 36.0 Å². The second kappa shape index (κ2) is 4.91.